The Hall–Kier alpha value is -1.24. The summed E-state index contributed by atoms with van der Waals surface area (Å²) in [5.41, 5.74) is 0. The van der Waals surface area contributed by atoms with Crippen molar-refractivity contribution in [1.29, 1.82) is 0 Å². The molecular formula is C11H10O4S2. The van der Waals surface area contributed by atoms with Crippen LogP contribution in [-0.4, -0.2) is 14.7 Å². The molecule has 2 unspecified atom stereocenters. The summed E-state index contributed by atoms with van der Waals surface area (Å²) in [4.78, 5) is 0. The van der Waals surface area contributed by atoms with Crippen molar-refractivity contribution in [3.05, 3.63) is 42.5 Å². The van der Waals surface area contributed by atoms with Crippen LogP contribution in [0.2, 0.25) is 0 Å². The number of fused-ring (bicyclic) bond motifs is 1. The smallest absolute Gasteiger partial charge is 0.374 e. The molecule has 0 saturated heterocycles. The highest BCUT2D eigenvalue weighted by Crippen LogP contribution is 2.25. The van der Waals surface area contributed by atoms with Gasteiger partial charge in [0, 0.05) is 11.6 Å². The maximum Gasteiger partial charge on any atom is 0.374 e. The van der Waals surface area contributed by atoms with Gasteiger partial charge in [-0.1, -0.05) is 36.4 Å². The lowest BCUT2D eigenvalue weighted by Crippen LogP contribution is -2.06. The summed E-state index contributed by atoms with van der Waals surface area (Å²) < 4.78 is 31.7. The molecule has 2 aromatic carbocycles. The van der Waals surface area contributed by atoms with Crippen LogP contribution in [0.4, 0.5) is 0 Å². The Morgan fingerprint density at radius 3 is 2.47 bits per heavy atom. The van der Waals surface area contributed by atoms with Crippen LogP contribution in [-0.2, 0) is 26.1 Å². The second kappa shape index (κ2) is 5.39. The van der Waals surface area contributed by atoms with Gasteiger partial charge in [0.2, 0.25) is 0 Å². The highest BCUT2D eigenvalue weighted by atomic mass is 32.3. The van der Waals surface area contributed by atoms with Crippen molar-refractivity contribution in [2.24, 2.45) is 0 Å². The molecule has 0 radical (unpaired) electrons. The van der Waals surface area contributed by atoms with Gasteiger partial charge in [-0.15, -0.1) is 0 Å². The molecule has 2 rings (SSSR count). The molecule has 0 aliphatic heterocycles. The first-order valence-electron chi connectivity index (χ1n) is 4.77. The summed E-state index contributed by atoms with van der Waals surface area (Å²) >= 11 is -3.69. The maximum absolute atomic E-state index is 11.3. The molecule has 0 saturated carbocycles. The van der Waals surface area contributed by atoms with Gasteiger partial charge in [0.05, 0.1) is 0 Å². The fraction of sp³-hybridized carbons (Fsp3) is 0.0909. The third-order valence-corrected chi connectivity index (χ3v) is 3.59. The van der Waals surface area contributed by atoms with Crippen molar-refractivity contribution >= 4 is 33.2 Å². The lowest BCUT2D eigenvalue weighted by molar-refractivity contribution is 0.478. The molecule has 0 spiro atoms. The van der Waals surface area contributed by atoms with Crippen LogP contribution in [0.15, 0.2) is 42.5 Å². The van der Waals surface area contributed by atoms with Crippen LogP contribution in [0.3, 0.4) is 0 Å². The van der Waals surface area contributed by atoms with Crippen LogP contribution in [0.25, 0.3) is 10.8 Å². The Labute approximate surface area is 104 Å². The van der Waals surface area contributed by atoms with E-state index in [9.17, 15) is 8.42 Å². The number of benzene rings is 2. The van der Waals surface area contributed by atoms with Gasteiger partial charge in [-0.05, 0) is 11.5 Å². The van der Waals surface area contributed by atoms with Crippen molar-refractivity contribution < 1.29 is 16.2 Å². The molecule has 6 heteroatoms. The zero-order valence-corrected chi connectivity index (χ0v) is 10.6. The van der Waals surface area contributed by atoms with Crippen LogP contribution in [0, 0.1) is 0 Å². The van der Waals surface area contributed by atoms with Crippen molar-refractivity contribution in [2.45, 2.75) is 0 Å². The van der Waals surface area contributed by atoms with E-state index in [1.807, 2.05) is 30.3 Å². The van der Waals surface area contributed by atoms with E-state index < -0.39 is 22.4 Å². The standard InChI is InChI=1S/C11H10O4S2/c1-16(12)15-17(13)14-11-8-4-6-9-5-2-3-7-10(9)11/h2-8H,1H3. The first kappa shape index (κ1) is 12.2. The molecule has 2 aromatic rings. The molecular weight excluding hydrogens is 260 g/mol. The van der Waals surface area contributed by atoms with Crippen LogP contribution in [0.1, 0.15) is 0 Å². The van der Waals surface area contributed by atoms with E-state index in [-0.39, 0.29) is 0 Å². The molecule has 17 heavy (non-hydrogen) atoms. The van der Waals surface area contributed by atoms with Gasteiger partial charge >= 0.3 is 11.4 Å². The second-order valence-corrected chi connectivity index (χ2v) is 5.16. The van der Waals surface area contributed by atoms with E-state index in [0.717, 1.165) is 10.8 Å². The fourth-order valence-corrected chi connectivity index (χ4v) is 2.46. The van der Waals surface area contributed by atoms with E-state index >= 15 is 0 Å². The Bertz CT molecular complexity index is 577. The van der Waals surface area contributed by atoms with E-state index in [2.05, 4.69) is 3.63 Å². The third-order valence-electron chi connectivity index (χ3n) is 2.06. The molecule has 0 amide bonds. The quantitative estimate of drug-likeness (QED) is 0.854. The SMILES string of the molecule is CS(=O)OS(=O)Oc1cccc2ccccc12. The molecule has 0 aliphatic rings. The summed E-state index contributed by atoms with van der Waals surface area (Å²) in [7, 11) is 0. The van der Waals surface area contributed by atoms with E-state index in [1.54, 1.807) is 12.1 Å². The highest BCUT2D eigenvalue weighted by molar-refractivity contribution is 7.91. The van der Waals surface area contributed by atoms with Crippen LogP contribution >= 0.6 is 0 Å². The highest BCUT2D eigenvalue weighted by Gasteiger charge is 2.08. The van der Waals surface area contributed by atoms with E-state index in [0.29, 0.717) is 5.75 Å². The summed E-state index contributed by atoms with van der Waals surface area (Å²) in [5, 5.41) is 1.80. The zero-order chi connectivity index (χ0) is 12.3. The Morgan fingerprint density at radius 1 is 1.00 bits per heavy atom. The van der Waals surface area contributed by atoms with Gasteiger partial charge in [-0.2, -0.15) is 7.84 Å². The lowest BCUT2D eigenvalue weighted by atomic mass is 10.1. The van der Waals surface area contributed by atoms with Crippen molar-refractivity contribution in [1.82, 2.24) is 0 Å². The zero-order valence-electron chi connectivity index (χ0n) is 8.99. The molecule has 0 bridgehead atoms. The number of rotatable bonds is 4. The van der Waals surface area contributed by atoms with Crippen molar-refractivity contribution in [3.8, 4) is 5.75 Å². The summed E-state index contributed by atoms with van der Waals surface area (Å²) in [6.07, 6.45) is 1.28. The predicted octanol–water partition coefficient (Wildman–Crippen LogP) is 2.11. The Kier molecular flexibility index (Phi) is 3.88. The fourth-order valence-electron chi connectivity index (χ4n) is 1.43. The molecule has 0 N–H and O–H groups in total. The summed E-state index contributed by atoms with van der Waals surface area (Å²) in [6.45, 7) is 0. The average Bonchev–Trinajstić information content (AvgIpc) is 2.28. The van der Waals surface area contributed by atoms with Gasteiger partial charge in [0.15, 0.2) is 11.1 Å². The van der Waals surface area contributed by atoms with E-state index in [1.165, 1.54) is 6.26 Å². The molecule has 0 heterocycles. The molecule has 4 nitrogen and oxygen atoms in total. The molecule has 0 aliphatic carbocycles. The average molecular weight is 270 g/mol. The minimum absolute atomic E-state index is 0.437. The molecule has 2 atom stereocenters. The van der Waals surface area contributed by atoms with Gasteiger partial charge in [0.1, 0.15) is 5.75 Å². The topological polar surface area (TPSA) is 52.6 Å². The van der Waals surface area contributed by atoms with Gasteiger partial charge in [0.25, 0.3) is 0 Å². The predicted molar refractivity (Wildman–Crippen MR) is 67.9 cm³/mol. The van der Waals surface area contributed by atoms with Crippen LogP contribution < -0.4 is 4.18 Å². The minimum atomic E-state index is -2.06. The summed E-state index contributed by atoms with van der Waals surface area (Å²) in [5.74, 6) is 0.437. The largest absolute Gasteiger partial charge is 0.379 e. The second-order valence-electron chi connectivity index (χ2n) is 3.23. The Morgan fingerprint density at radius 2 is 1.71 bits per heavy atom. The monoisotopic (exact) mass is 270 g/mol. The first-order chi connectivity index (χ1) is 8.16. The number of hydrogen-bond donors (Lipinski definition) is 0. The van der Waals surface area contributed by atoms with E-state index in [4.69, 9.17) is 4.18 Å². The first-order valence-corrected chi connectivity index (χ1v) is 7.25. The third kappa shape index (κ3) is 3.12. The van der Waals surface area contributed by atoms with Gasteiger partial charge in [-0.3, -0.25) is 0 Å². The van der Waals surface area contributed by atoms with Gasteiger partial charge < -0.3 is 4.18 Å². The lowest BCUT2D eigenvalue weighted by Gasteiger charge is -2.06. The van der Waals surface area contributed by atoms with Crippen molar-refractivity contribution in [3.63, 3.8) is 0 Å². The van der Waals surface area contributed by atoms with Crippen molar-refractivity contribution in [2.75, 3.05) is 6.26 Å². The summed E-state index contributed by atoms with van der Waals surface area (Å²) in [6, 6.07) is 12.9. The molecule has 0 aromatic heterocycles. The molecule has 0 fully saturated rings. The van der Waals surface area contributed by atoms with Gasteiger partial charge in [-0.25, -0.2) is 4.21 Å². The number of hydrogen-bond acceptors (Lipinski definition) is 4. The minimum Gasteiger partial charge on any atom is -0.379 e. The van der Waals surface area contributed by atoms with Crippen LogP contribution in [0.5, 0.6) is 5.75 Å². The maximum atomic E-state index is 11.3. The Balaban J connectivity index is 2.30. The normalized spacial score (nSPS) is 14.4. The molecule has 90 valence electrons.